The van der Waals surface area contributed by atoms with Gasteiger partial charge in [0.2, 0.25) is 0 Å². The molecule has 2 N–H and O–H groups in total. The molecule has 0 radical (unpaired) electrons. The van der Waals surface area contributed by atoms with Crippen LogP contribution in [0.5, 0.6) is 5.75 Å². The zero-order valence-electron chi connectivity index (χ0n) is 23.2. The molecule has 0 bridgehead atoms. The highest BCUT2D eigenvalue weighted by Gasteiger charge is 2.54. The second-order valence-corrected chi connectivity index (χ2v) is 11.8. The van der Waals surface area contributed by atoms with E-state index in [0.717, 1.165) is 16.8 Å². The Morgan fingerprint density at radius 1 is 1.12 bits per heavy atom. The lowest BCUT2D eigenvalue weighted by molar-refractivity contribution is -0.172. The first-order valence-electron chi connectivity index (χ1n) is 13.2. The number of aliphatic hydroxyl groups excluding tert-OH is 1. The Balaban J connectivity index is 1.49. The summed E-state index contributed by atoms with van der Waals surface area (Å²) in [5, 5.41) is 18.1. The molecular formula is C27H32Cl2F3N7O2. The van der Waals surface area contributed by atoms with Crippen molar-refractivity contribution in [3.8, 4) is 28.5 Å². The predicted octanol–water partition coefficient (Wildman–Crippen LogP) is 4.11. The monoisotopic (exact) mass is 613 g/mol. The number of nitrogens with zero attached hydrogens (tertiary/aromatic N) is 6. The van der Waals surface area contributed by atoms with Crippen LogP contribution >= 0.6 is 23.2 Å². The number of likely N-dealkylation sites (N-methyl/N-ethyl adjacent to an activating group) is 1. The molecule has 2 fully saturated rings. The van der Waals surface area contributed by atoms with Crippen LogP contribution in [0.4, 0.5) is 19.0 Å². The van der Waals surface area contributed by atoms with Gasteiger partial charge in [-0.05, 0) is 39.1 Å². The quantitative estimate of drug-likeness (QED) is 0.373. The summed E-state index contributed by atoms with van der Waals surface area (Å²) in [4.78, 5) is 13.3. The highest BCUT2D eigenvalue weighted by Crippen LogP contribution is 2.45. The fraction of sp³-hybridized carbons (Fsp3) is 0.519. The summed E-state index contributed by atoms with van der Waals surface area (Å²) < 4.78 is 46.0. The Bertz CT molecular complexity index is 1440. The number of benzene rings is 1. The number of aliphatic hydroxyl groups is 1. The van der Waals surface area contributed by atoms with Crippen molar-refractivity contribution < 1.29 is 23.0 Å². The van der Waals surface area contributed by atoms with Gasteiger partial charge >= 0.3 is 6.18 Å². The molecule has 4 heterocycles. The number of aromatic nitrogens is 4. The van der Waals surface area contributed by atoms with E-state index in [9.17, 15) is 18.3 Å². The largest absolute Gasteiger partial charge is 0.491 e. The van der Waals surface area contributed by atoms with E-state index in [1.807, 2.05) is 13.8 Å². The Hall–Kier alpha value is -2.64. The van der Waals surface area contributed by atoms with Gasteiger partial charge in [0, 0.05) is 61.9 Å². The summed E-state index contributed by atoms with van der Waals surface area (Å²) in [6.07, 6.45) is -4.90. The number of hydrogen-bond donors (Lipinski definition) is 2. The number of ether oxygens (including phenoxy) is 1. The maximum atomic E-state index is 12.8. The van der Waals surface area contributed by atoms with E-state index in [0.29, 0.717) is 71.5 Å². The Kier molecular flexibility index (Phi) is 8.16. The van der Waals surface area contributed by atoms with E-state index in [4.69, 9.17) is 37.9 Å². The second-order valence-electron chi connectivity index (χ2n) is 11.0. The topological polar surface area (TPSA) is 91.6 Å². The van der Waals surface area contributed by atoms with Crippen LogP contribution in [-0.2, 0) is 7.05 Å². The first-order valence-corrected chi connectivity index (χ1v) is 13.9. The van der Waals surface area contributed by atoms with Crippen molar-refractivity contribution >= 4 is 29.0 Å². The van der Waals surface area contributed by atoms with Crippen LogP contribution in [0.25, 0.3) is 22.8 Å². The van der Waals surface area contributed by atoms with Crippen molar-refractivity contribution in [2.24, 2.45) is 12.5 Å². The molecule has 2 aliphatic rings. The first-order chi connectivity index (χ1) is 19.3. The van der Waals surface area contributed by atoms with Gasteiger partial charge < -0.3 is 20.1 Å². The van der Waals surface area contributed by atoms with Crippen molar-refractivity contribution in [2.45, 2.75) is 26.1 Å². The molecule has 1 spiro atoms. The second kappa shape index (κ2) is 11.2. The number of hydrogen-bond acceptors (Lipinski definition) is 8. The minimum absolute atomic E-state index is 0.0844. The van der Waals surface area contributed by atoms with Gasteiger partial charge in [0.05, 0.1) is 23.0 Å². The molecule has 9 nitrogen and oxygen atoms in total. The molecule has 222 valence electrons. The molecule has 0 aliphatic carbocycles. The third-order valence-corrected chi connectivity index (χ3v) is 8.19. The fourth-order valence-electron chi connectivity index (χ4n) is 5.73. The third-order valence-electron chi connectivity index (χ3n) is 7.50. The van der Waals surface area contributed by atoms with Crippen LogP contribution in [0.15, 0.2) is 18.2 Å². The number of aryl methyl sites for hydroxylation is 1. The van der Waals surface area contributed by atoms with Crippen LogP contribution in [0.2, 0.25) is 10.2 Å². The molecule has 41 heavy (non-hydrogen) atoms. The minimum Gasteiger partial charge on any atom is -0.491 e. The van der Waals surface area contributed by atoms with E-state index in [1.165, 1.54) is 4.90 Å². The molecule has 0 amide bonds. The van der Waals surface area contributed by atoms with Crippen molar-refractivity contribution in [3.05, 3.63) is 39.5 Å². The van der Waals surface area contributed by atoms with E-state index in [2.05, 4.69) is 15.3 Å². The molecule has 5 rings (SSSR count). The van der Waals surface area contributed by atoms with Crippen LogP contribution in [0.1, 0.15) is 11.1 Å². The zero-order chi connectivity index (χ0) is 29.7. The number of anilines is 1. The summed E-state index contributed by atoms with van der Waals surface area (Å²) in [7, 11) is 3.53. The van der Waals surface area contributed by atoms with Crippen molar-refractivity contribution in [1.29, 1.82) is 0 Å². The number of alkyl halides is 3. The average Bonchev–Trinajstić information content (AvgIpc) is 3.10. The molecule has 0 saturated carbocycles. The van der Waals surface area contributed by atoms with Gasteiger partial charge in [0.1, 0.15) is 24.3 Å². The van der Waals surface area contributed by atoms with E-state index < -0.39 is 18.8 Å². The van der Waals surface area contributed by atoms with Crippen LogP contribution < -0.4 is 15.0 Å². The van der Waals surface area contributed by atoms with E-state index >= 15 is 0 Å². The van der Waals surface area contributed by atoms with Crippen LogP contribution in [-0.4, -0.2) is 95.0 Å². The average molecular weight is 615 g/mol. The maximum absolute atomic E-state index is 12.8. The molecule has 2 aromatic heterocycles. The predicted molar refractivity (Wildman–Crippen MR) is 152 cm³/mol. The normalized spacial score (nSPS) is 17.5. The molecule has 0 unspecified atom stereocenters. The number of rotatable bonds is 9. The van der Waals surface area contributed by atoms with Gasteiger partial charge in [-0.3, -0.25) is 9.58 Å². The lowest BCUT2D eigenvalue weighted by Crippen LogP contribution is -2.73. The van der Waals surface area contributed by atoms with E-state index in [1.54, 1.807) is 37.0 Å². The maximum Gasteiger partial charge on any atom is 0.401 e. The molecule has 2 aliphatic heterocycles. The lowest BCUT2D eigenvalue weighted by atomic mass is 9.72. The van der Waals surface area contributed by atoms with Crippen molar-refractivity contribution in [1.82, 2.24) is 30.0 Å². The molecule has 1 atom stereocenters. The van der Waals surface area contributed by atoms with Crippen molar-refractivity contribution in [2.75, 3.05) is 57.8 Å². The smallest absolute Gasteiger partial charge is 0.401 e. The third kappa shape index (κ3) is 6.12. The van der Waals surface area contributed by atoms with Crippen LogP contribution in [0.3, 0.4) is 0 Å². The zero-order valence-corrected chi connectivity index (χ0v) is 24.7. The standard InChI is InChI=1S/C27H32Cl2F3N7O2/c1-15-21(22-16(2)23(29)36-37(22)4)34-24(19-7-18(5-6-20(19)28)41-9-17(40)8-33-3)35-25(15)39-12-26(13-39)10-38(11-26)14-27(30,31)32/h5-7,17,33,40H,8-14H2,1-4H3/t17-/m1/s1. The van der Waals surface area contributed by atoms with Gasteiger partial charge in [-0.25, -0.2) is 9.97 Å². The minimum atomic E-state index is -4.21. The van der Waals surface area contributed by atoms with Gasteiger partial charge in [-0.15, -0.1) is 0 Å². The van der Waals surface area contributed by atoms with Gasteiger partial charge in [0.15, 0.2) is 11.0 Å². The number of likely N-dealkylation sites (tertiary alicyclic amines) is 1. The highest BCUT2D eigenvalue weighted by molar-refractivity contribution is 6.33. The molecular weight excluding hydrogens is 582 g/mol. The number of nitrogens with one attached hydrogen (secondary N) is 1. The Morgan fingerprint density at radius 3 is 2.44 bits per heavy atom. The van der Waals surface area contributed by atoms with Gasteiger partial charge in [0.25, 0.3) is 0 Å². The molecule has 14 heteroatoms. The molecule has 3 aromatic rings. The van der Waals surface area contributed by atoms with Gasteiger partial charge in [-0.2, -0.15) is 18.3 Å². The van der Waals surface area contributed by atoms with Crippen LogP contribution in [0, 0.1) is 19.3 Å². The summed E-state index contributed by atoms with van der Waals surface area (Å²) in [5.41, 5.74) is 3.27. The Morgan fingerprint density at radius 2 is 1.83 bits per heavy atom. The summed E-state index contributed by atoms with van der Waals surface area (Å²) >= 11 is 13.0. The highest BCUT2D eigenvalue weighted by atomic mass is 35.5. The van der Waals surface area contributed by atoms with E-state index in [-0.39, 0.29) is 12.0 Å². The molecule has 2 saturated heterocycles. The van der Waals surface area contributed by atoms with Gasteiger partial charge in [-0.1, -0.05) is 23.2 Å². The Labute approximate surface area is 246 Å². The lowest BCUT2D eigenvalue weighted by Gasteiger charge is -2.61. The van der Waals surface area contributed by atoms with Crippen molar-refractivity contribution in [3.63, 3.8) is 0 Å². The fourth-order valence-corrected chi connectivity index (χ4v) is 6.13. The summed E-state index contributed by atoms with van der Waals surface area (Å²) in [6.45, 7) is 5.33. The summed E-state index contributed by atoms with van der Waals surface area (Å²) in [5.74, 6) is 1.53. The SMILES string of the molecule is CNC[C@@H](O)COc1ccc(Cl)c(-c2nc(-c3c(C)c(Cl)nn3C)c(C)c(N3CC4(CN(CC(F)(F)F)C4)C3)n2)c1. The first kappa shape index (κ1) is 29.8. The molecule has 1 aromatic carbocycles. The number of halogens is 5. The summed E-state index contributed by atoms with van der Waals surface area (Å²) in [6, 6.07) is 5.13.